The van der Waals surface area contributed by atoms with Crippen LogP contribution in [0.25, 0.3) is 33.4 Å². The topological polar surface area (TPSA) is 0 Å². The summed E-state index contributed by atoms with van der Waals surface area (Å²) in [5.41, 5.74) is 11.9. The van der Waals surface area contributed by atoms with Crippen LogP contribution in [0.3, 0.4) is 0 Å². The van der Waals surface area contributed by atoms with Gasteiger partial charge in [-0.2, -0.15) is 0 Å². The van der Waals surface area contributed by atoms with Crippen molar-refractivity contribution in [2.24, 2.45) is 5.92 Å². The Hall–Kier alpha value is -4.98. The molecule has 0 aromatic heterocycles. The Morgan fingerprint density at radius 2 is 0.696 bits per heavy atom. The van der Waals surface area contributed by atoms with Crippen LogP contribution in [0.1, 0.15) is 27.7 Å². The predicted octanol–water partition coefficient (Wildman–Crippen LogP) is 10.00. The summed E-state index contributed by atoms with van der Waals surface area (Å²) >= 11 is 0. The largest absolute Gasteiger partial charge is 0.176 e. The van der Waals surface area contributed by atoms with Crippen molar-refractivity contribution in [3.63, 3.8) is 0 Å². The SMILES string of the molecule is CC1=C(C)C(C)C([Si](c2cccc(-c3ccccc3)c2)(c2cccc(-c3ccccc3)c2)c2cccc(-c3ccccc3)c2)=C1C. The van der Waals surface area contributed by atoms with E-state index in [0.717, 1.165) is 0 Å². The second-order valence-electron chi connectivity index (χ2n) is 12.7. The van der Waals surface area contributed by atoms with Crippen molar-refractivity contribution >= 4 is 23.6 Å². The monoisotopic (exact) mass is 608 g/mol. The van der Waals surface area contributed by atoms with E-state index in [9.17, 15) is 0 Å². The third kappa shape index (κ3) is 5.11. The first kappa shape index (κ1) is 29.7. The molecule has 1 heteroatoms. The average Bonchev–Trinajstić information content (AvgIpc) is 3.32. The molecule has 6 aromatic carbocycles. The average molecular weight is 609 g/mol. The molecule has 1 unspecified atom stereocenters. The molecular weight excluding hydrogens is 569 g/mol. The van der Waals surface area contributed by atoms with Gasteiger partial charge >= 0.3 is 0 Å². The van der Waals surface area contributed by atoms with Crippen molar-refractivity contribution in [1.29, 1.82) is 0 Å². The van der Waals surface area contributed by atoms with Gasteiger partial charge in [0.05, 0.1) is 0 Å². The Labute approximate surface area is 275 Å². The molecule has 0 amide bonds. The van der Waals surface area contributed by atoms with Gasteiger partial charge in [-0.3, -0.25) is 0 Å². The molecule has 0 aliphatic heterocycles. The van der Waals surface area contributed by atoms with Crippen LogP contribution in [0, 0.1) is 5.92 Å². The summed E-state index contributed by atoms with van der Waals surface area (Å²) in [6, 6.07) is 60.9. The van der Waals surface area contributed by atoms with E-state index in [1.54, 1.807) is 5.20 Å². The van der Waals surface area contributed by atoms with Gasteiger partial charge in [-0.1, -0.05) is 187 Å². The van der Waals surface area contributed by atoms with Crippen LogP contribution >= 0.6 is 0 Å². The fraction of sp³-hybridized carbons (Fsp3) is 0.111. The third-order valence-corrected chi connectivity index (χ3v) is 15.4. The summed E-state index contributed by atoms with van der Waals surface area (Å²) in [5.74, 6) is 0.341. The van der Waals surface area contributed by atoms with Crippen molar-refractivity contribution < 1.29 is 0 Å². The van der Waals surface area contributed by atoms with Crippen molar-refractivity contribution in [2.45, 2.75) is 27.7 Å². The quantitative estimate of drug-likeness (QED) is 0.125. The highest BCUT2D eigenvalue weighted by atomic mass is 28.3. The maximum atomic E-state index is 2.50. The first-order chi connectivity index (χ1) is 22.5. The molecule has 0 fully saturated rings. The lowest BCUT2D eigenvalue weighted by atomic mass is 10.1. The molecule has 0 nitrogen and oxygen atoms in total. The highest BCUT2D eigenvalue weighted by Crippen LogP contribution is 2.42. The van der Waals surface area contributed by atoms with Crippen LogP contribution in [-0.2, 0) is 0 Å². The van der Waals surface area contributed by atoms with Gasteiger partial charge in [0.15, 0.2) is 8.07 Å². The maximum absolute atomic E-state index is 2.86. The Morgan fingerprint density at radius 3 is 1.00 bits per heavy atom. The summed E-state index contributed by atoms with van der Waals surface area (Å²) in [6.45, 7) is 9.49. The summed E-state index contributed by atoms with van der Waals surface area (Å²) in [4.78, 5) is 0. The van der Waals surface area contributed by atoms with Gasteiger partial charge in [0.1, 0.15) is 0 Å². The van der Waals surface area contributed by atoms with Gasteiger partial charge in [-0.05, 0) is 81.2 Å². The summed E-state index contributed by atoms with van der Waals surface area (Å²) in [6.07, 6.45) is 0. The van der Waals surface area contributed by atoms with Crippen LogP contribution in [0.2, 0.25) is 0 Å². The molecule has 0 saturated heterocycles. The van der Waals surface area contributed by atoms with Gasteiger partial charge < -0.3 is 0 Å². The first-order valence-corrected chi connectivity index (χ1v) is 18.4. The molecule has 0 bridgehead atoms. The highest BCUT2D eigenvalue weighted by molar-refractivity contribution is 7.16. The number of benzene rings is 6. The van der Waals surface area contributed by atoms with E-state index in [1.165, 1.54) is 65.7 Å². The van der Waals surface area contributed by atoms with Crippen molar-refractivity contribution in [3.05, 3.63) is 186 Å². The zero-order chi connectivity index (χ0) is 31.7. The minimum atomic E-state index is -2.86. The number of allylic oxidation sites excluding steroid dienone is 4. The van der Waals surface area contributed by atoms with Gasteiger partial charge in [0, 0.05) is 0 Å². The number of hydrogen-bond acceptors (Lipinski definition) is 0. The zero-order valence-electron chi connectivity index (χ0n) is 27.2. The fourth-order valence-corrected chi connectivity index (χ4v) is 13.3. The van der Waals surface area contributed by atoms with Crippen molar-refractivity contribution in [3.8, 4) is 33.4 Å². The van der Waals surface area contributed by atoms with E-state index in [0.29, 0.717) is 5.92 Å². The van der Waals surface area contributed by atoms with Crippen LogP contribution in [-0.4, -0.2) is 8.07 Å². The third-order valence-electron chi connectivity index (χ3n) is 10.3. The van der Waals surface area contributed by atoms with Crippen LogP contribution < -0.4 is 15.6 Å². The molecule has 0 radical (unpaired) electrons. The van der Waals surface area contributed by atoms with E-state index < -0.39 is 8.07 Å². The first-order valence-electron chi connectivity index (χ1n) is 16.4. The molecule has 6 aromatic rings. The van der Waals surface area contributed by atoms with Crippen molar-refractivity contribution in [1.82, 2.24) is 0 Å². The van der Waals surface area contributed by atoms with Gasteiger partial charge in [-0.15, -0.1) is 0 Å². The normalized spacial score (nSPS) is 15.0. The van der Waals surface area contributed by atoms with Crippen LogP contribution in [0.5, 0.6) is 0 Å². The molecule has 224 valence electrons. The van der Waals surface area contributed by atoms with E-state index in [4.69, 9.17) is 0 Å². The summed E-state index contributed by atoms with van der Waals surface area (Å²) < 4.78 is 0. The highest BCUT2D eigenvalue weighted by Gasteiger charge is 2.48. The van der Waals surface area contributed by atoms with Crippen LogP contribution in [0.4, 0.5) is 0 Å². The van der Waals surface area contributed by atoms with Crippen molar-refractivity contribution in [2.75, 3.05) is 0 Å². The fourth-order valence-electron chi connectivity index (χ4n) is 7.62. The van der Waals surface area contributed by atoms with E-state index in [1.807, 2.05) is 0 Å². The molecule has 46 heavy (non-hydrogen) atoms. The predicted molar refractivity (Wildman–Crippen MR) is 201 cm³/mol. The molecular formula is C45H40Si. The maximum Gasteiger partial charge on any atom is 0.176 e. The van der Waals surface area contributed by atoms with E-state index in [2.05, 4.69) is 191 Å². The zero-order valence-corrected chi connectivity index (χ0v) is 28.2. The van der Waals surface area contributed by atoms with E-state index in [-0.39, 0.29) is 0 Å². The smallest absolute Gasteiger partial charge is 0.0636 e. The lowest BCUT2D eigenvalue weighted by Gasteiger charge is -2.39. The Bertz CT molecular complexity index is 1870. The molecule has 1 atom stereocenters. The molecule has 7 rings (SSSR count). The standard InChI is InChI=1S/C45H40Si/c1-32-33(2)35(4)45(34(32)3)46(42-26-14-23-39(29-42)36-17-8-5-9-18-36,43-27-15-24-40(30-43)37-19-10-6-11-20-37)44-28-16-25-41(31-44)38-21-12-7-13-22-38/h5-31,34H,1-4H3. The second kappa shape index (κ2) is 12.4. The van der Waals surface area contributed by atoms with Gasteiger partial charge in [0.25, 0.3) is 0 Å². The molecule has 1 aliphatic carbocycles. The number of hydrogen-bond donors (Lipinski definition) is 0. The molecule has 0 spiro atoms. The molecule has 0 heterocycles. The molecule has 1 aliphatic rings. The van der Waals surface area contributed by atoms with E-state index >= 15 is 0 Å². The summed E-state index contributed by atoms with van der Waals surface area (Å²) in [7, 11) is -2.86. The van der Waals surface area contributed by atoms with Gasteiger partial charge in [0.2, 0.25) is 0 Å². The Morgan fingerprint density at radius 1 is 0.370 bits per heavy atom. The lowest BCUT2D eigenvalue weighted by Crippen LogP contribution is -2.69. The lowest BCUT2D eigenvalue weighted by molar-refractivity contribution is 0.851. The number of rotatable bonds is 7. The van der Waals surface area contributed by atoms with Gasteiger partial charge in [-0.25, -0.2) is 0 Å². The van der Waals surface area contributed by atoms with Crippen LogP contribution in [0.15, 0.2) is 186 Å². The minimum Gasteiger partial charge on any atom is -0.0636 e. The minimum absolute atomic E-state index is 0.341. The molecule has 0 saturated carbocycles. The summed E-state index contributed by atoms with van der Waals surface area (Å²) in [5, 5.41) is 5.87. The Balaban J connectivity index is 1.60. The Kier molecular flexibility index (Phi) is 8.03. The molecule has 0 N–H and O–H groups in total. The second-order valence-corrected chi connectivity index (χ2v) is 16.4.